The van der Waals surface area contributed by atoms with E-state index in [0.29, 0.717) is 22.9 Å². The third-order valence-corrected chi connectivity index (χ3v) is 9.16. The molecule has 7 rings (SSSR count). The number of aromatic nitrogens is 3. The predicted molar refractivity (Wildman–Crippen MR) is 137 cm³/mol. The first-order chi connectivity index (χ1) is 17.8. The van der Waals surface area contributed by atoms with E-state index in [0.717, 1.165) is 36.2 Å². The molecule has 0 radical (unpaired) electrons. The van der Waals surface area contributed by atoms with Crippen LogP contribution in [0, 0.1) is 28.4 Å². The van der Waals surface area contributed by atoms with Crippen molar-refractivity contribution < 1.29 is 13.5 Å². The first kappa shape index (κ1) is 22.7. The highest BCUT2D eigenvalue weighted by atomic mass is 32.1. The molecule has 2 N–H and O–H groups in total. The number of hydrogen-bond acceptors (Lipinski definition) is 9. The molecule has 3 aliphatic rings. The number of pyridine rings is 1. The van der Waals surface area contributed by atoms with E-state index in [9.17, 15) is 9.65 Å². The van der Waals surface area contributed by atoms with E-state index in [4.69, 9.17) is 15.5 Å². The molecule has 4 aromatic rings. The van der Waals surface area contributed by atoms with Gasteiger partial charge < -0.3 is 20.3 Å². The summed E-state index contributed by atoms with van der Waals surface area (Å²) in [6.45, 7) is 2.06. The molecule has 2 aliphatic heterocycles. The summed E-state index contributed by atoms with van der Waals surface area (Å²) in [7, 11) is 4.18. The molecular formula is C26H23F2N7OS. The van der Waals surface area contributed by atoms with Gasteiger partial charge in [-0.15, -0.1) is 11.3 Å². The van der Waals surface area contributed by atoms with Crippen LogP contribution < -0.4 is 10.6 Å². The molecule has 1 saturated heterocycles. The molecule has 11 heteroatoms. The third kappa shape index (κ3) is 3.13. The summed E-state index contributed by atoms with van der Waals surface area (Å²) >= 11 is 0.959. The second kappa shape index (κ2) is 7.77. The van der Waals surface area contributed by atoms with Gasteiger partial charge in [0.15, 0.2) is 11.6 Å². The van der Waals surface area contributed by atoms with Gasteiger partial charge in [-0.2, -0.15) is 5.26 Å². The Hall–Kier alpha value is -3.46. The van der Waals surface area contributed by atoms with E-state index in [1.807, 2.05) is 6.07 Å². The van der Waals surface area contributed by atoms with Crippen LogP contribution in [0.15, 0.2) is 12.4 Å². The second-order valence-electron chi connectivity index (χ2n) is 10.4. The molecule has 1 spiro atoms. The maximum atomic E-state index is 16.5. The van der Waals surface area contributed by atoms with Crippen LogP contribution in [0.1, 0.15) is 29.5 Å². The van der Waals surface area contributed by atoms with Gasteiger partial charge in [-0.3, -0.25) is 4.98 Å². The van der Waals surface area contributed by atoms with Crippen LogP contribution in [-0.2, 0) is 18.0 Å². The summed E-state index contributed by atoms with van der Waals surface area (Å²) < 4.78 is 37.0. The van der Waals surface area contributed by atoms with Gasteiger partial charge in [-0.25, -0.2) is 18.7 Å². The van der Waals surface area contributed by atoms with Gasteiger partial charge in [0.1, 0.15) is 16.6 Å². The maximum absolute atomic E-state index is 16.5. The van der Waals surface area contributed by atoms with Crippen LogP contribution in [0.4, 0.5) is 19.7 Å². The number of nitrogen functional groups attached to an aromatic ring is 1. The minimum atomic E-state index is -0.603. The van der Waals surface area contributed by atoms with Gasteiger partial charge in [-0.1, -0.05) is 0 Å². The number of nitrogens with two attached hydrogens (primary N) is 1. The van der Waals surface area contributed by atoms with Crippen LogP contribution in [-0.4, -0.2) is 53.1 Å². The lowest BCUT2D eigenvalue weighted by atomic mass is 9.94. The second-order valence-corrected chi connectivity index (χ2v) is 11.5. The van der Waals surface area contributed by atoms with Crippen molar-refractivity contribution in [3.05, 3.63) is 40.7 Å². The fourth-order valence-corrected chi connectivity index (χ4v) is 7.08. The molecule has 8 nitrogen and oxygen atoms in total. The van der Waals surface area contributed by atoms with Crippen molar-refractivity contribution in [1.29, 1.82) is 5.26 Å². The van der Waals surface area contributed by atoms with Gasteiger partial charge in [0.05, 0.1) is 35.4 Å². The number of thiophene rings is 1. The fourth-order valence-electron chi connectivity index (χ4n) is 6.16. The number of rotatable bonds is 3. The lowest BCUT2D eigenvalue weighted by Crippen LogP contribution is -2.36. The average Bonchev–Trinajstić information content (AvgIpc) is 3.19. The number of benzene rings is 1. The quantitative estimate of drug-likeness (QED) is 0.430. The Kier molecular flexibility index (Phi) is 4.77. The summed E-state index contributed by atoms with van der Waals surface area (Å²) in [5.74, 6) is -0.697. The molecule has 0 bridgehead atoms. The number of likely N-dealkylation sites (N-methyl/N-ethyl adjacent to an activating group) is 1. The highest BCUT2D eigenvalue weighted by molar-refractivity contribution is 7.23. The van der Waals surface area contributed by atoms with Gasteiger partial charge in [0, 0.05) is 47.1 Å². The van der Waals surface area contributed by atoms with E-state index in [1.165, 1.54) is 12.8 Å². The summed E-state index contributed by atoms with van der Waals surface area (Å²) in [6, 6.07) is 2.44. The Morgan fingerprint density at radius 2 is 2.00 bits per heavy atom. The number of hydrogen-bond donors (Lipinski definition) is 1. The number of nitrogens with zero attached hydrogens (tertiary/aromatic N) is 6. The molecular weight excluding hydrogens is 496 g/mol. The number of fused-ring (bicyclic) bond motifs is 4. The summed E-state index contributed by atoms with van der Waals surface area (Å²) in [4.78, 5) is 18.0. The Balaban J connectivity index is 1.45. The Morgan fingerprint density at radius 1 is 1.22 bits per heavy atom. The summed E-state index contributed by atoms with van der Waals surface area (Å²) in [6.07, 6.45) is 5.06. The zero-order valence-corrected chi connectivity index (χ0v) is 21.1. The molecule has 2 fully saturated rings. The molecule has 0 unspecified atom stereocenters. The number of halogens is 2. The predicted octanol–water partition coefficient (Wildman–Crippen LogP) is 4.20. The number of nitriles is 1. The van der Waals surface area contributed by atoms with Crippen LogP contribution in [0.25, 0.3) is 32.2 Å². The van der Waals surface area contributed by atoms with E-state index in [2.05, 4.69) is 33.9 Å². The maximum Gasteiger partial charge on any atom is 0.226 e. The number of ether oxygens (including phenoxy) is 1. The van der Waals surface area contributed by atoms with E-state index >= 15 is 4.39 Å². The van der Waals surface area contributed by atoms with Crippen molar-refractivity contribution in [2.45, 2.75) is 32.1 Å². The first-order valence-corrected chi connectivity index (χ1v) is 12.9. The molecule has 5 heterocycles. The molecule has 1 aromatic carbocycles. The average molecular weight is 520 g/mol. The molecule has 37 heavy (non-hydrogen) atoms. The van der Waals surface area contributed by atoms with Crippen molar-refractivity contribution in [2.24, 2.45) is 5.41 Å². The summed E-state index contributed by atoms with van der Waals surface area (Å²) in [5, 5.41) is 10.7. The minimum absolute atomic E-state index is 0.0964. The van der Waals surface area contributed by atoms with Crippen molar-refractivity contribution in [2.75, 3.05) is 37.8 Å². The van der Waals surface area contributed by atoms with Crippen molar-refractivity contribution >= 4 is 43.3 Å². The topological polar surface area (TPSA) is 104 Å². The van der Waals surface area contributed by atoms with Crippen LogP contribution in [0.2, 0.25) is 0 Å². The van der Waals surface area contributed by atoms with Gasteiger partial charge in [0.2, 0.25) is 5.95 Å². The summed E-state index contributed by atoms with van der Waals surface area (Å²) in [5.41, 5.74) is 8.28. The third-order valence-electron chi connectivity index (χ3n) is 8.14. The SMILES string of the molecule is CN(C)[C@H]1CN(c2ncc3c4c(c(-c5ncc(F)c6sc(N)c(C#N)c56)c(F)c3n2)COC4)CC12CC2. The lowest BCUT2D eigenvalue weighted by Gasteiger charge is -2.24. The van der Waals surface area contributed by atoms with E-state index in [-0.39, 0.29) is 56.1 Å². The molecule has 1 atom stereocenters. The first-order valence-electron chi connectivity index (χ1n) is 12.1. The highest BCUT2D eigenvalue weighted by Crippen LogP contribution is 2.54. The van der Waals surface area contributed by atoms with Gasteiger partial charge >= 0.3 is 0 Å². The van der Waals surface area contributed by atoms with Gasteiger partial charge in [0.25, 0.3) is 0 Å². The number of anilines is 2. The largest absolute Gasteiger partial charge is 0.389 e. The Morgan fingerprint density at radius 3 is 2.70 bits per heavy atom. The fraction of sp³-hybridized carbons (Fsp3) is 0.385. The Labute approximate surface area is 215 Å². The Bertz CT molecular complexity index is 1670. The highest BCUT2D eigenvalue weighted by Gasteiger charge is 2.56. The van der Waals surface area contributed by atoms with Gasteiger partial charge in [-0.05, 0) is 38.1 Å². The monoisotopic (exact) mass is 519 g/mol. The minimum Gasteiger partial charge on any atom is -0.389 e. The molecule has 3 aromatic heterocycles. The lowest BCUT2D eigenvalue weighted by molar-refractivity contribution is 0.135. The normalized spacial score (nSPS) is 19.9. The molecule has 0 amide bonds. The van der Waals surface area contributed by atoms with Crippen molar-refractivity contribution in [3.8, 4) is 17.3 Å². The smallest absolute Gasteiger partial charge is 0.226 e. The molecule has 1 aliphatic carbocycles. The van der Waals surface area contributed by atoms with E-state index < -0.39 is 11.6 Å². The van der Waals surface area contributed by atoms with Crippen LogP contribution in [0.5, 0.6) is 0 Å². The molecule has 188 valence electrons. The van der Waals surface area contributed by atoms with Crippen LogP contribution >= 0.6 is 11.3 Å². The zero-order chi connectivity index (χ0) is 25.6. The van der Waals surface area contributed by atoms with E-state index in [1.54, 1.807) is 6.20 Å². The molecule has 1 saturated carbocycles. The zero-order valence-electron chi connectivity index (χ0n) is 20.3. The van der Waals surface area contributed by atoms with Crippen molar-refractivity contribution in [3.63, 3.8) is 0 Å². The standard InChI is InChI=1S/C26H23F2N7OS/c1-34(2)17-8-35(11-26(17)3-4-26)25-32-6-13-14-9-36-10-15(14)18(20(28)21(13)33-25)22-19-12(5-29)24(30)37-23(19)16(27)7-31-22/h6-7,17H,3-4,8-11,30H2,1-2H3/t17-/m0/s1. The van der Waals surface area contributed by atoms with Crippen LogP contribution in [0.3, 0.4) is 0 Å². The van der Waals surface area contributed by atoms with Crippen molar-refractivity contribution in [1.82, 2.24) is 19.9 Å².